The molecule has 26 heavy (non-hydrogen) atoms. The van der Waals surface area contributed by atoms with Crippen LogP contribution in [0.2, 0.25) is 0 Å². The molecule has 1 aliphatic heterocycles. The molecule has 0 unspecified atom stereocenters. The Labute approximate surface area is 158 Å². The molecule has 0 bridgehead atoms. The largest absolute Gasteiger partial charge is 0.384 e. The van der Waals surface area contributed by atoms with Gasteiger partial charge in [0.2, 0.25) is 5.91 Å². The Morgan fingerprint density at radius 3 is 2.50 bits per heavy atom. The van der Waals surface area contributed by atoms with E-state index in [1.807, 2.05) is 0 Å². The fourth-order valence-corrected chi connectivity index (χ4v) is 4.68. The van der Waals surface area contributed by atoms with Crippen molar-refractivity contribution < 1.29 is 9.53 Å². The summed E-state index contributed by atoms with van der Waals surface area (Å²) in [4.78, 5) is 12.5. The highest BCUT2D eigenvalue weighted by Crippen LogP contribution is 2.37. The van der Waals surface area contributed by atoms with Crippen molar-refractivity contribution in [3.05, 3.63) is 35.9 Å². The summed E-state index contributed by atoms with van der Waals surface area (Å²) in [5, 5.41) is 6.62. The monoisotopic (exact) mass is 358 g/mol. The summed E-state index contributed by atoms with van der Waals surface area (Å²) in [6, 6.07) is 10.8. The highest BCUT2D eigenvalue weighted by Gasteiger charge is 2.33. The van der Waals surface area contributed by atoms with E-state index in [0.29, 0.717) is 18.3 Å². The number of carbonyl (C=O) groups is 1. The fraction of sp³-hybridized carbons (Fsp3) is 0.682. The average Bonchev–Trinajstić information content (AvgIpc) is 2.69. The number of ether oxygens (including phenoxy) is 1. The van der Waals surface area contributed by atoms with Gasteiger partial charge in [0.1, 0.15) is 0 Å². The standard InChI is InChI=1S/C22H34N2O2/c1-26-17-22(11-13-23-14-12-22)16-24-21(25)15-18-7-9-20(10-8-18)19-5-3-2-4-6-19/h2-6,18,20,23H,7-17H2,1H3,(H,24,25). The molecule has 1 aliphatic carbocycles. The van der Waals surface area contributed by atoms with Gasteiger partial charge in [0.25, 0.3) is 0 Å². The maximum absolute atomic E-state index is 12.5. The van der Waals surface area contributed by atoms with Crippen molar-refractivity contribution in [3.8, 4) is 0 Å². The number of nitrogens with one attached hydrogen (secondary N) is 2. The molecule has 2 fully saturated rings. The highest BCUT2D eigenvalue weighted by molar-refractivity contribution is 5.76. The van der Waals surface area contributed by atoms with Crippen LogP contribution in [0.25, 0.3) is 0 Å². The zero-order chi connectivity index (χ0) is 18.2. The third-order valence-corrected chi connectivity index (χ3v) is 6.37. The quantitative estimate of drug-likeness (QED) is 0.784. The molecule has 2 aliphatic rings. The molecule has 0 atom stereocenters. The number of benzene rings is 1. The maximum Gasteiger partial charge on any atom is 0.220 e. The van der Waals surface area contributed by atoms with Crippen LogP contribution in [0.4, 0.5) is 0 Å². The first-order valence-corrected chi connectivity index (χ1v) is 10.2. The molecule has 1 amide bonds. The molecule has 1 aromatic rings. The van der Waals surface area contributed by atoms with Gasteiger partial charge in [-0.3, -0.25) is 4.79 Å². The maximum atomic E-state index is 12.5. The van der Waals surface area contributed by atoms with Crippen molar-refractivity contribution >= 4 is 5.91 Å². The molecule has 1 heterocycles. The summed E-state index contributed by atoms with van der Waals surface area (Å²) < 4.78 is 5.44. The van der Waals surface area contributed by atoms with Gasteiger partial charge in [-0.1, -0.05) is 30.3 Å². The summed E-state index contributed by atoms with van der Waals surface area (Å²) in [6.45, 7) is 3.52. The molecule has 1 aromatic carbocycles. The van der Waals surface area contributed by atoms with Gasteiger partial charge in [0, 0.05) is 25.5 Å². The SMILES string of the molecule is COCC1(CNC(=O)CC2CCC(c3ccccc3)CC2)CCNCC1. The van der Waals surface area contributed by atoms with E-state index < -0.39 is 0 Å². The lowest BCUT2D eigenvalue weighted by atomic mass is 9.77. The van der Waals surface area contributed by atoms with Gasteiger partial charge in [0.05, 0.1) is 6.61 Å². The lowest BCUT2D eigenvalue weighted by Crippen LogP contribution is -2.47. The first kappa shape index (κ1) is 19.4. The molecule has 3 rings (SSSR count). The smallest absolute Gasteiger partial charge is 0.220 e. The zero-order valence-corrected chi connectivity index (χ0v) is 16.1. The van der Waals surface area contributed by atoms with Crippen molar-refractivity contribution in [2.24, 2.45) is 11.3 Å². The fourth-order valence-electron chi connectivity index (χ4n) is 4.68. The molecule has 0 spiro atoms. The van der Waals surface area contributed by atoms with Crippen molar-refractivity contribution in [2.45, 2.75) is 50.9 Å². The van der Waals surface area contributed by atoms with Gasteiger partial charge in [-0.2, -0.15) is 0 Å². The Morgan fingerprint density at radius 1 is 1.15 bits per heavy atom. The Kier molecular flexibility index (Phi) is 7.09. The van der Waals surface area contributed by atoms with Crippen molar-refractivity contribution in [3.63, 3.8) is 0 Å². The molecule has 4 nitrogen and oxygen atoms in total. The van der Waals surface area contributed by atoms with Crippen LogP contribution in [0.5, 0.6) is 0 Å². The Balaban J connectivity index is 1.41. The Hall–Kier alpha value is -1.39. The third-order valence-electron chi connectivity index (χ3n) is 6.37. The van der Waals surface area contributed by atoms with Crippen LogP contribution in [0.15, 0.2) is 30.3 Å². The van der Waals surface area contributed by atoms with Crippen molar-refractivity contribution in [1.82, 2.24) is 10.6 Å². The molecule has 0 radical (unpaired) electrons. The number of hydrogen-bond donors (Lipinski definition) is 2. The number of piperidine rings is 1. The summed E-state index contributed by atoms with van der Waals surface area (Å²) in [7, 11) is 1.76. The van der Waals surface area contributed by atoms with E-state index in [4.69, 9.17) is 4.74 Å². The molecule has 2 N–H and O–H groups in total. The predicted molar refractivity (Wildman–Crippen MR) is 105 cm³/mol. The second-order valence-corrected chi connectivity index (χ2v) is 8.29. The summed E-state index contributed by atoms with van der Waals surface area (Å²) in [5.74, 6) is 1.44. The van der Waals surface area contributed by atoms with Gasteiger partial charge < -0.3 is 15.4 Å². The van der Waals surface area contributed by atoms with E-state index in [2.05, 4.69) is 41.0 Å². The van der Waals surface area contributed by atoms with E-state index in [1.165, 1.54) is 31.2 Å². The van der Waals surface area contributed by atoms with Crippen LogP contribution in [0.3, 0.4) is 0 Å². The minimum atomic E-state index is 0.112. The van der Waals surface area contributed by atoms with E-state index in [-0.39, 0.29) is 11.3 Å². The summed E-state index contributed by atoms with van der Waals surface area (Å²) in [6.07, 6.45) is 7.58. The Morgan fingerprint density at radius 2 is 1.85 bits per heavy atom. The zero-order valence-electron chi connectivity index (χ0n) is 16.1. The van der Waals surface area contributed by atoms with E-state index in [1.54, 1.807) is 7.11 Å². The molecule has 0 aromatic heterocycles. The first-order valence-electron chi connectivity index (χ1n) is 10.2. The first-order chi connectivity index (χ1) is 12.7. The second kappa shape index (κ2) is 9.52. The predicted octanol–water partition coefficient (Wildman–Crippen LogP) is 3.48. The summed E-state index contributed by atoms with van der Waals surface area (Å²) in [5.41, 5.74) is 1.57. The minimum absolute atomic E-state index is 0.112. The van der Waals surface area contributed by atoms with Gasteiger partial charge >= 0.3 is 0 Å². The van der Waals surface area contributed by atoms with E-state index >= 15 is 0 Å². The Bertz CT molecular complexity index is 541. The number of hydrogen-bond acceptors (Lipinski definition) is 3. The van der Waals surface area contributed by atoms with E-state index in [0.717, 1.165) is 39.1 Å². The topological polar surface area (TPSA) is 50.4 Å². The van der Waals surface area contributed by atoms with Crippen molar-refractivity contribution in [1.29, 1.82) is 0 Å². The number of methoxy groups -OCH3 is 1. The summed E-state index contributed by atoms with van der Waals surface area (Å²) >= 11 is 0. The third kappa shape index (κ3) is 5.31. The molecule has 4 heteroatoms. The van der Waals surface area contributed by atoms with E-state index in [9.17, 15) is 4.79 Å². The lowest BCUT2D eigenvalue weighted by Gasteiger charge is -2.37. The van der Waals surface area contributed by atoms with Gasteiger partial charge in [-0.05, 0) is 69.0 Å². The number of amides is 1. The second-order valence-electron chi connectivity index (χ2n) is 8.29. The van der Waals surface area contributed by atoms with Gasteiger partial charge in [-0.15, -0.1) is 0 Å². The number of carbonyl (C=O) groups excluding carboxylic acids is 1. The molecular weight excluding hydrogens is 324 g/mol. The minimum Gasteiger partial charge on any atom is -0.384 e. The van der Waals surface area contributed by atoms with Crippen LogP contribution >= 0.6 is 0 Å². The normalized spacial score (nSPS) is 25.6. The van der Waals surface area contributed by atoms with Gasteiger partial charge in [0.15, 0.2) is 0 Å². The van der Waals surface area contributed by atoms with Crippen LogP contribution in [0.1, 0.15) is 56.4 Å². The molecule has 1 saturated carbocycles. The number of rotatable bonds is 7. The molecule has 1 saturated heterocycles. The average molecular weight is 359 g/mol. The molecular formula is C22H34N2O2. The van der Waals surface area contributed by atoms with Crippen LogP contribution in [0, 0.1) is 11.3 Å². The van der Waals surface area contributed by atoms with Crippen LogP contribution in [-0.2, 0) is 9.53 Å². The lowest BCUT2D eigenvalue weighted by molar-refractivity contribution is -0.123. The van der Waals surface area contributed by atoms with Crippen molar-refractivity contribution in [2.75, 3.05) is 33.4 Å². The van der Waals surface area contributed by atoms with Gasteiger partial charge in [-0.25, -0.2) is 0 Å². The highest BCUT2D eigenvalue weighted by atomic mass is 16.5. The van der Waals surface area contributed by atoms with Crippen LogP contribution in [-0.4, -0.2) is 39.3 Å². The molecule has 144 valence electrons. The van der Waals surface area contributed by atoms with Crippen LogP contribution < -0.4 is 10.6 Å².